The summed E-state index contributed by atoms with van der Waals surface area (Å²) in [5.41, 5.74) is 4.56. The van der Waals surface area contributed by atoms with E-state index >= 15 is 0 Å². The summed E-state index contributed by atoms with van der Waals surface area (Å²) in [4.78, 5) is 18.0. The summed E-state index contributed by atoms with van der Waals surface area (Å²) >= 11 is 5.99. The molecule has 1 N–H and O–H groups in total. The number of anilines is 2. The van der Waals surface area contributed by atoms with Crippen molar-refractivity contribution in [3.05, 3.63) is 70.5 Å². The molecule has 8 heteroatoms. The number of aromatic nitrogens is 2. The van der Waals surface area contributed by atoms with E-state index < -0.39 is 0 Å². The molecule has 0 radical (unpaired) electrons. The summed E-state index contributed by atoms with van der Waals surface area (Å²) in [6, 6.07) is 13.7. The minimum absolute atomic E-state index is 0.228. The maximum atomic E-state index is 13.0. The van der Waals surface area contributed by atoms with Gasteiger partial charge in [-0.25, -0.2) is 4.68 Å². The molecule has 0 spiro atoms. The smallest absolute Gasteiger partial charge is 0.259 e. The van der Waals surface area contributed by atoms with Crippen LogP contribution in [0.5, 0.6) is 0 Å². The van der Waals surface area contributed by atoms with E-state index in [9.17, 15) is 4.79 Å². The van der Waals surface area contributed by atoms with Crippen LogP contribution in [-0.2, 0) is 4.74 Å². The quantitative estimate of drug-likeness (QED) is 0.524. The highest BCUT2D eigenvalue weighted by atomic mass is 35.5. The summed E-state index contributed by atoms with van der Waals surface area (Å²) in [6.45, 7) is 7.49. The van der Waals surface area contributed by atoms with E-state index in [1.54, 1.807) is 23.0 Å². The molecule has 3 heterocycles. The van der Waals surface area contributed by atoms with Crippen LogP contribution in [0.2, 0.25) is 5.02 Å². The van der Waals surface area contributed by atoms with Crippen LogP contribution in [0.15, 0.2) is 48.7 Å². The first-order valence-corrected chi connectivity index (χ1v) is 12.7. The van der Waals surface area contributed by atoms with Crippen molar-refractivity contribution in [3.63, 3.8) is 0 Å². The van der Waals surface area contributed by atoms with E-state index in [0.717, 1.165) is 74.9 Å². The van der Waals surface area contributed by atoms with Gasteiger partial charge < -0.3 is 15.0 Å². The van der Waals surface area contributed by atoms with Crippen LogP contribution in [0, 0.1) is 19.3 Å². The minimum Gasteiger partial charge on any atom is -0.381 e. The molecule has 5 rings (SSSR count). The van der Waals surface area contributed by atoms with Gasteiger partial charge in [-0.2, -0.15) is 5.10 Å². The molecule has 2 saturated heterocycles. The van der Waals surface area contributed by atoms with Crippen LogP contribution in [-0.4, -0.2) is 66.0 Å². The van der Waals surface area contributed by atoms with E-state index in [1.807, 2.05) is 37.3 Å². The van der Waals surface area contributed by atoms with Crippen molar-refractivity contribution in [2.24, 2.45) is 0 Å². The minimum atomic E-state index is -0.228. The van der Waals surface area contributed by atoms with Crippen LogP contribution < -0.4 is 10.2 Å². The third-order valence-corrected chi connectivity index (χ3v) is 7.35. The maximum Gasteiger partial charge on any atom is 0.259 e. The number of hydrogen-bond donors (Lipinski definition) is 1. The lowest BCUT2D eigenvalue weighted by molar-refractivity contribution is 0.0321. The highest BCUT2D eigenvalue weighted by Gasteiger charge is 2.26. The largest absolute Gasteiger partial charge is 0.381 e. The number of carbonyl (C=O) groups excluding carboxylic acids is 1. The predicted octanol–water partition coefficient (Wildman–Crippen LogP) is 4.37. The standard InChI is InChI=1S/C28H30ClN5O2/c1-3-21-18-23(6-9-27(21)33-14-12-32(13-15-33)24-10-16-36-17-11-24)31-28(35)26-19-30-34(20(26)2)25-7-4-22(29)5-8-25/h1,4-9,18-19,24H,10-17H2,2H3,(H,31,35). The van der Waals surface area contributed by atoms with Crippen LogP contribution in [0.25, 0.3) is 5.69 Å². The fraction of sp³-hybridized carbons (Fsp3) is 0.357. The highest BCUT2D eigenvalue weighted by molar-refractivity contribution is 6.30. The van der Waals surface area contributed by atoms with Crippen LogP contribution >= 0.6 is 11.6 Å². The molecule has 186 valence electrons. The molecular formula is C28H30ClN5O2. The molecule has 2 aliphatic rings. The molecule has 3 aromatic rings. The Morgan fingerprint density at radius 1 is 1.11 bits per heavy atom. The molecule has 2 fully saturated rings. The molecule has 0 unspecified atom stereocenters. The summed E-state index contributed by atoms with van der Waals surface area (Å²) in [5, 5.41) is 8.02. The average Bonchev–Trinajstić information content (AvgIpc) is 3.31. The second kappa shape index (κ2) is 10.8. The molecule has 36 heavy (non-hydrogen) atoms. The van der Waals surface area contributed by atoms with Crippen molar-refractivity contribution >= 4 is 28.9 Å². The number of halogens is 1. The highest BCUT2D eigenvalue weighted by Crippen LogP contribution is 2.27. The number of carbonyl (C=O) groups is 1. The Balaban J connectivity index is 1.26. The summed E-state index contributed by atoms with van der Waals surface area (Å²) < 4.78 is 7.24. The number of nitrogens with one attached hydrogen (secondary N) is 1. The third kappa shape index (κ3) is 5.12. The molecule has 1 amide bonds. The molecule has 2 aromatic carbocycles. The van der Waals surface area contributed by atoms with Gasteiger partial charge in [0.15, 0.2) is 0 Å². The van der Waals surface area contributed by atoms with E-state index in [1.165, 1.54) is 0 Å². The number of benzene rings is 2. The second-order valence-electron chi connectivity index (χ2n) is 9.23. The predicted molar refractivity (Wildman–Crippen MR) is 143 cm³/mol. The monoisotopic (exact) mass is 503 g/mol. The Kier molecular flexibility index (Phi) is 7.28. The Labute approximate surface area is 217 Å². The fourth-order valence-electron chi connectivity index (χ4n) is 5.06. The molecule has 0 saturated carbocycles. The molecule has 0 bridgehead atoms. The molecule has 1 aromatic heterocycles. The first-order chi connectivity index (χ1) is 17.5. The zero-order valence-electron chi connectivity index (χ0n) is 20.4. The van der Waals surface area contributed by atoms with Gasteiger partial charge in [-0.3, -0.25) is 9.69 Å². The van der Waals surface area contributed by atoms with E-state index in [4.69, 9.17) is 22.8 Å². The zero-order valence-corrected chi connectivity index (χ0v) is 21.2. The third-order valence-electron chi connectivity index (χ3n) is 7.10. The Morgan fingerprint density at radius 2 is 1.83 bits per heavy atom. The van der Waals surface area contributed by atoms with Gasteiger partial charge in [0.1, 0.15) is 0 Å². The number of rotatable bonds is 5. The first kappa shape index (κ1) is 24.4. The van der Waals surface area contributed by atoms with Gasteiger partial charge in [-0.1, -0.05) is 17.5 Å². The lowest BCUT2D eigenvalue weighted by Crippen LogP contribution is -2.51. The lowest BCUT2D eigenvalue weighted by atomic mass is 10.1. The van der Waals surface area contributed by atoms with Crippen molar-refractivity contribution in [2.75, 3.05) is 49.6 Å². The van der Waals surface area contributed by atoms with Crippen molar-refractivity contribution in [1.29, 1.82) is 0 Å². The topological polar surface area (TPSA) is 62.6 Å². The maximum absolute atomic E-state index is 13.0. The van der Waals surface area contributed by atoms with Gasteiger partial charge in [0.2, 0.25) is 0 Å². The van der Waals surface area contributed by atoms with Gasteiger partial charge in [-0.15, -0.1) is 6.42 Å². The first-order valence-electron chi connectivity index (χ1n) is 12.3. The van der Waals surface area contributed by atoms with Gasteiger partial charge in [0, 0.05) is 61.7 Å². The summed E-state index contributed by atoms with van der Waals surface area (Å²) in [6.07, 6.45) is 9.68. The molecule has 2 aliphatic heterocycles. The Hall–Kier alpha value is -3.31. The van der Waals surface area contributed by atoms with E-state index in [0.29, 0.717) is 22.3 Å². The van der Waals surface area contributed by atoms with Gasteiger partial charge >= 0.3 is 0 Å². The van der Waals surface area contributed by atoms with Crippen molar-refractivity contribution in [3.8, 4) is 18.0 Å². The van der Waals surface area contributed by atoms with Gasteiger partial charge in [0.05, 0.1) is 28.8 Å². The average molecular weight is 504 g/mol. The molecule has 0 atom stereocenters. The summed E-state index contributed by atoms with van der Waals surface area (Å²) in [5.74, 6) is 2.58. The number of amides is 1. The number of terminal acetylenes is 1. The lowest BCUT2D eigenvalue weighted by Gasteiger charge is -2.41. The SMILES string of the molecule is C#Cc1cc(NC(=O)c2cnn(-c3ccc(Cl)cc3)c2C)ccc1N1CCN(C2CCOCC2)CC1. The van der Waals surface area contributed by atoms with Crippen molar-refractivity contribution in [1.82, 2.24) is 14.7 Å². The van der Waals surface area contributed by atoms with Gasteiger partial charge in [-0.05, 0) is 62.2 Å². The Bertz CT molecular complexity index is 1270. The van der Waals surface area contributed by atoms with Gasteiger partial charge in [0.25, 0.3) is 5.91 Å². The van der Waals surface area contributed by atoms with E-state index in [-0.39, 0.29) is 5.91 Å². The molecular weight excluding hydrogens is 474 g/mol. The van der Waals surface area contributed by atoms with Crippen molar-refractivity contribution < 1.29 is 9.53 Å². The number of nitrogens with zero attached hydrogens (tertiary/aromatic N) is 4. The summed E-state index contributed by atoms with van der Waals surface area (Å²) in [7, 11) is 0. The molecule has 0 aliphatic carbocycles. The normalized spacial score (nSPS) is 17.1. The second-order valence-corrected chi connectivity index (χ2v) is 9.67. The zero-order chi connectivity index (χ0) is 25.1. The number of hydrogen-bond acceptors (Lipinski definition) is 5. The fourth-order valence-corrected chi connectivity index (χ4v) is 5.18. The van der Waals surface area contributed by atoms with Crippen LogP contribution in [0.1, 0.15) is 34.5 Å². The van der Waals surface area contributed by atoms with Crippen LogP contribution in [0.3, 0.4) is 0 Å². The van der Waals surface area contributed by atoms with E-state index in [2.05, 4.69) is 26.1 Å². The Morgan fingerprint density at radius 3 is 2.53 bits per heavy atom. The molecule has 7 nitrogen and oxygen atoms in total. The number of ether oxygens (including phenoxy) is 1. The van der Waals surface area contributed by atoms with Crippen molar-refractivity contribution in [2.45, 2.75) is 25.8 Å². The number of piperazine rings is 1. The van der Waals surface area contributed by atoms with Crippen LogP contribution in [0.4, 0.5) is 11.4 Å².